The minimum absolute atomic E-state index is 0.0454. The third-order valence-corrected chi connectivity index (χ3v) is 8.10. The third kappa shape index (κ3) is 5.42. The number of hydrogen-bond acceptors (Lipinski definition) is 3. The Balaban J connectivity index is 1.31. The lowest BCUT2D eigenvalue weighted by Gasteiger charge is -2.32. The molecule has 5 rings (SSSR count). The van der Waals surface area contributed by atoms with Gasteiger partial charge in [0.25, 0.3) is 17.6 Å². The Morgan fingerprint density at radius 2 is 1.68 bits per heavy atom. The molecule has 1 aliphatic heterocycles. The lowest BCUT2D eigenvalue weighted by molar-refractivity contribution is -0.117. The molecule has 1 N–H and O–H groups in total. The SMILES string of the molecule is Cn1cc(C(=O)C(=O)NC2CCCC2)c2cc(C(=O)N3CCC(Cc4ccc(F)cc4)CC3)c(Cl)cc21. The summed E-state index contributed by atoms with van der Waals surface area (Å²) in [5.74, 6) is -1.20. The molecule has 0 atom stereocenters. The summed E-state index contributed by atoms with van der Waals surface area (Å²) in [4.78, 5) is 41.0. The summed E-state index contributed by atoms with van der Waals surface area (Å²) < 4.78 is 15.0. The molecule has 2 aliphatic rings. The second-order valence-corrected chi connectivity index (χ2v) is 10.8. The third-order valence-electron chi connectivity index (χ3n) is 7.79. The number of likely N-dealkylation sites (tertiary alicyclic amines) is 1. The monoisotopic (exact) mass is 523 g/mol. The van der Waals surface area contributed by atoms with Crippen LogP contribution in [-0.2, 0) is 18.3 Å². The van der Waals surface area contributed by atoms with Crippen molar-refractivity contribution < 1.29 is 18.8 Å². The van der Waals surface area contributed by atoms with Crippen LogP contribution in [0.2, 0.25) is 5.02 Å². The fourth-order valence-electron chi connectivity index (χ4n) is 5.66. The minimum atomic E-state index is -0.606. The molecule has 2 amide bonds. The molecule has 0 spiro atoms. The highest BCUT2D eigenvalue weighted by atomic mass is 35.5. The molecule has 1 saturated heterocycles. The van der Waals surface area contributed by atoms with E-state index >= 15 is 0 Å². The molecular formula is C29H31ClFN3O3. The van der Waals surface area contributed by atoms with Crippen LogP contribution in [0.5, 0.6) is 0 Å². The number of rotatable bonds is 6. The van der Waals surface area contributed by atoms with E-state index in [1.165, 1.54) is 12.1 Å². The molecule has 0 bridgehead atoms. The van der Waals surface area contributed by atoms with Crippen LogP contribution >= 0.6 is 11.6 Å². The van der Waals surface area contributed by atoms with Crippen LogP contribution in [0, 0.1) is 11.7 Å². The average molecular weight is 524 g/mol. The number of aromatic nitrogens is 1. The van der Waals surface area contributed by atoms with Crippen molar-refractivity contribution in [3.63, 3.8) is 0 Å². The fourth-order valence-corrected chi connectivity index (χ4v) is 5.89. The Labute approximate surface area is 220 Å². The first-order valence-electron chi connectivity index (χ1n) is 13.0. The van der Waals surface area contributed by atoms with E-state index in [9.17, 15) is 18.8 Å². The maximum absolute atomic E-state index is 13.4. The van der Waals surface area contributed by atoms with Crippen molar-refractivity contribution in [2.45, 2.75) is 51.0 Å². The number of piperidine rings is 1. The second kappa shape index (κ2) is 10.7. The molecule has 0 unspecified atom stereocenters. The Kier molecular flexibility index (Phi) is 7.33. The number of halogens is 2. The number of aryl methyl sites for hydroxylation is 1. The number of fused-ring (bicyclic) bond motifs is 1. The first-order chi connectivity index (χ1) is 17.8. The molecule has 1 aromatic heterocycles. The van der Waals surface area contributed by atoms with E-state index in [0.717, 1.165) is 50.5 Å². The van der Waals surface area contributed by atoms with Gasteiger partial charge < -0.3 is 14.8 Å². The molecule has 8 heteroatoms. The summed E-state index contributed by atoms with van der Waals surface area (Å²) in [7, 11) is 1.79. The van der Waals surface area contributed by atoms with Gasteiger partial charge in [-0.2, -0.15) is 0 Å². The van der Waals surface area contributed by atoms with Gasteiger partial charge in [0.2, 0.25) is 0 Å². The van der Waals surface area contributed by atoms with Gasteiger partial charge in [-0.3, -0.25) is 14.4 Å². The smallest absolute Gasteiger partial charge is 0.292 e. The van der Waals surface area contributed by atoms with Crippen molar-refractivity contribution in [2.24, 2.45) is 13.0 Å². The van der Waals surface area contributed by atoms with Crippen LogP contribution in [0.15, 0.2) is 42.6 Å². The Morgan fingerprint density at radius 1 is 1.00 bits per heavy atom. The van der Waals surface area contributed by atoms with Gasteiger partial charge in [0, 0.05) is 37.8 Å². The van der Waals surface area contributed by atoms with Gasteiger partial charge in [-0.1, -0.05) is 36.6 Å². The highest BCUT2D eigenvalue weighted by Gasteiger charge is 2.28. The maximum atomic E-state index is 13.4. The number of nitrogens with zero attached hydrogens (tertiary/aromatic N) is 2. The molecule has 194 valence electrons. The van der Waals surface area contributed by atoms with E-state index in [-0.39, 0.29) is 23.3 Å². The standard InChI is InChI=1S/C29H31ClFN3O3/c1-33-17-24(27(35)28(36)32-21-4-2-3-5-21)22-15-23(25(30)16-26(22)33)29(37)34-12-10-19(11-13-34)14-18-6-8-20(31)9-7-18/h6-9,15-17,19,21H,2-5,10-14H2,1H3,(H,32,36). The second-order valence-electron chi connectivity index (χ2n) is 10.4. The Bertz CT molecular complexity index is 1340. The van der Waals surface area contributed by atoms with Crippen LogP contribution < -0.4 is 5.32 Å². The number of carbonyl (C=O) groups excluding carboxylic acids is 3. The quantitative estimate of drug-likeness (QED) is 0.352. The summed E-state index contributed by atoms with van der Waals surface area (Å²) in [6.45, 7) is 1.20. The van der Waals surface area contributed by atoms with Crippen molar-refractivity contribution >= 4 is 40.1 Å². The lowest BCUT2D eigenvalue weighted by Crippen LogP contribution is -2.39. The van der Waals surface area contributed by atoms with Crippen LogP contribution in [0.3, 0.4) is 0 Å². The summed E-state index contributed by atoms with van der Waals surface area (Å²) in [6, 6.07) is 9.98. The highest BCUT2D eigenvalue weighted by molar-refractivity contribution is 6.45. The summed E-state index contributed by atoms with van der Waals surface area (Å²) in [5, 5.41) is 3.73. The van der Waals surface area contributed by atoms with E-state index in [2.05, 4.69) is 5.32 Å². The molecule has 2 heterocycles. The van der Waals surface area contributed by atoms with Gasteiger partial charge in [0.05, 0.1) is 21.7 Å². The molecule has 2 fully saturated rings. The largest absolute Gasteiger partial charge is 0.350 e. The van der Waals surface area contributed by atoms with Crippen molar-refractivity contribution in [1.82, 2.24) is 14.8 Å². The normalized spacial score (nSPS) is 16.9. The van der Waals surface area contributed by atoms with Crippen LogP contribution in [0.25, 0.3) is 10.9 Å². The number of benzene rings is 2. The maximum Gasteiger partial charge on any atom is 0.292 e. The summed E-state index contributed by atoms with van der Waals surface area (Å²) in [5.41, 5.74) is 2.40. The predicted octanol–water partition coefficient (Wildman–Crippen LogP) is 5.31. The van der Waals surface area contributed by atoms with Gasteiger partial charge in [-0.15, -0.1) is 0 Å². The number of nitrogens with one attached hydrogen (secondary N) is 1. The number of Topliss-reactive ketones (excluding diaryl/α,β-unsaturated/α-hetero) is 1. The van der Waals surface area contributed by atoms with Crippen LogP contribution in [-0.4, -0.2) is 46.2 Å². The van der Waals surface area contributed by atoms with Crippen molar-refractivity contribution in [3.05, 3.63) is 70.1 Å². The fraction of sp³-hybridized carbons (Fsp3) is 0.414. The summed E-state index contributed by atoms with van der Waals surface area (Å²) in [6.07, 6.45) is 8.08. The van der Waals surface area contributed by atoms with E-state index < -0.39 is 11.7 Å². The zero-order valence-electron chi connectivity index (χ0n) is 20.9. The van der Waals surface area contributed by atoms with Gasteiger partial charge in [0.15, 0.2) is 0 Å². The number of amides is 2. The molecular weight excluding hydrogens is 493 g/mol. The van der Waals surface area contributed by atoms with E-state index in [4.69, 9.17) is 11.6 Å². The number of hydrogen-bond donors (Lipinski definition) is 1. The molecule has 1 aliphatic carbocycles. The molecule has 0 radical (unpaired) electrons. The van der Waals surface area contributed by atoms with Gasteiger partial charge in [-0.05, 0) is 67.9 Å². The molecule has 37 heavy (non-hydrogen) atoms. The number of ketones is 1. The van der Waals surface area contributed by atoms with E-state index in [1.54, 1.807) is 34.8 Å². The highest BCUT2D eigenvalue weighted by Crippen LogP contribution is 2.31. The van der Waals surface area contributed by atoms with Crippen LogP contribution in [0.4, 0.5) is 4.39 Å². The molecule has 1 saturated carbocycles. The van der Waals surface area contributed by atoms with Crippen LogP contribution in [0.1, 0.15) is 64.8 Å². The lowest BCUT2D eigenvalue weighted by atomic mass is 9.90. The van der Waals surface area contributed by atoms with Crippen molar-refractivity contribution in [2.75, 3.05) is 13.1 Å². The molecule has 3 aromatic rings. The first-order valence-corrected chi connectivity index (χ1v) is 13.4. The average Bonchev–Trinajstić information content (AvgIpc) is 3.52. The zero-order valence-corrected chi connectivity index (χ0v) is 21.7. The van der Waals surface area contributed by atoms with E-state index in [0.29, 0.717) is 40.5 Å². The first kappa shape index (κ1) is 25.5. The Morgan fingerprint density at radius 3 is 2.35 bits per heavy atom. The van der Waals surface area contributed by atoms with Crippen molar-refractivity contribution in [1.29, 1.82) is 0 Å². The molecule has 6 nitrogen and oxygen atoms in total. The topological polar surface area (TPSA) is 71.4 Å². The van der Waals surface area contributed by atoms with E-state index in [1.807, 2.05) is 12.1 Å². The zero-order chi connectivity index (χ0) is 26.1. The number of carbonyl (C=O) groups is 3. The predicted molar refractivity (Wildman–Crippen MR) is 141 cm³/mol. The van der Waals surface area contributed by atoms with Gasteiger partial charge in [-0.25, -0.2) is 4.39 Å². The Hall–Kier alpha value is -3.19. The molecule has 2 aromatic carbocycles. The summed E-state index contributed by atoms with van der Waals surface area (Å²) >= 11 is 6.55. The van der Waals surface area contributed by atoms with Gasteiger partial charge >= 0.3 is 0 Å². The minimum Gasteiger partial charge on any atom is -0.350 e. The van der Waals surface area contributed by atoms with Gasteiger partial charge in [0.1, 0.15) is 5.82 Å². The van der Waals surface area contributed by atoms with Crippen molar-refractivity contribution in [3.8, 4) is 0 Å².